The average Bonchev–Trinajstić information content (AvgIpc) is 1.63. The Labute approximate surface area is 55.1 Å². The second-order valence-electron chi connectivity index (χ2n) is 1.02. The molecule has 0 aromatic heterocycles. The zero-order valence-electron chi connectivity index (χ0n) is 4.54. The van der Waals surface area contributed by atoms with Gasteiger partial charge in [0.05, 0.1) is 11.9 Å². The van der Waals surface area contributed by atoms with E-state index in [2.05, 4.69) is 5.92 Å². The van der Waals surface area contributed by atoms with Gasteiger partial charge in [0.1, 0.15) is 0 Å². The molecule has 0 aromatic carbocycles. The Morgan fingerprint density at radius 3 is 2.33 bits per heavy atom. The molecule has 9 heavy (non-hydrogen) atoms. The predicted molar refractivity (Wildman–Crippen MR) is 30.2 cm³/mol. The Bertz CT molecular complexity index is 131. The van der Waals surface area contributed by atoms with E-state index in [9.17, 15) is 13.2 Å². The van der Waals surface area contributed by atoms with Gasteiger partial charge in [-0.15, -0.1) is 0 Å². The zero-order chi connectivity index (χ0) is 7.33. The lowest BCUT2D eigenvalue weighted by Gasteiger charge is -2.00. The third-order valence-corrected chi connectivity index (χ3v) is 0.778. The van der Waals surface area contributed by atoms with E-state index < -0.39 is 5.51 Å². The molecule has 1 nitrogen and oxygen atoms in total. The van der Waals surface area contributed by atoms with Crippen LogP contribution in [0.25, 0.3) is 0 Å². The molecule has 0 aliphatic rings. The minimum Gasteiger partial charge on any atom is -0.282 e. The topological polar surface area (TPSA) is 12.0 Å². The Morgan fingerprint density at radius 1 is 1.44 bits per heavy atom. The lowest BCUT2D eigenvalue weighted by atomic mass is 10.8. The highest BCUT2D eigenvalue weighted by Crippen LogP contribution is 2.26. The minimum absolute atomic E-state index is 0.365. The predicted octanol–water partition coefficient (Wildman–Crippen LogP) is 1.72. The van der Waals surface area contributed by atoms with Gasteiger partial charge < -0.3 is 0 Å². The van der Waals surface area contributed by atoms with Crippen LogP contribution < -0.4 is 4.72 Å². The fraction of sp³-hybridized carbons (Fsp3) is 0.500. The molecule has 1 N–H and O–H groups in total. The van der Waals surface area contributed by atoms with Crippen LogP contribution in [0.2, 0.25) is 0 Å². The molecule has 52 valence electrons. The number of nitrogens with one attached hydrogen (secondary N) is 1. The van der Waals surface area contributed by atoms with Crippen molar-refractivity contribution in [2.24, 2.45) is 0 Å². The molecule has 0 heterocycles. The second-order valence-corrected chi connectivity index (χ2v) is 1.90. The minimum atomic E-state index is -4.25. The van der Waals surface area contributed by atoms with Crippen molar-refractivity contribution in [1.29, 1.82) is 0 Å². The van der Waals surface area contributed by atoms with E-state index in [4.69, 9.17) is 0 Å². The van der Waals surface area contributed by atoms with E-state index in [-0.39, 0.29) is 11.9 Å². The summed E-state index contributed by atoms with van der Waals surface area (Å²) in [4.78, 5) is 0. The maximum Gasteiger partial charge on any atom is 0.462 e. The number of hydrogen-bond donors (Lipinski definition) is 1. The standard InChI is InChI=1S/C4H4F3NS/c1-2-3-8-9-4(5,6)7/h8H,1H3. The molecule has 0 amide bonds. The van der Waals surface area contributed by atoms with Crippen molar-refractivity contribution in [2.45, 2.75) is 12.4 Å². The van der Waals surface area contributed by atoms with E-state index in [1.165, 1.54) is 6.92 Å². The summed E-state index contributed by atoms with van der Waals surface area (Å²) in [6.45, 7) is 1.45. The highest BCUT2D eigenvalue weighted by atomic mass is 32.2. The number of alkyl halides is 3. The van der Waals surface area contributed by atoms with Gasteiger partial charge in [-0.3, -0.25) is 4.72 Å². The molecule has 0 unspecified atom stereocenters. The van der Waals surface area contributed by atoms with Crippen LogP contribution in [0.4, 0.5) is 13.2 Å². The normalized spacial score (nSPS) is 9.78. The number of rotatable bonds is 1. The van der Waals surface area contributed by atoms with Crippen LogP contribution in [0.15, 0.2) is 0 Å². The Kier molecular flexibility index (Phi) is 3.32. The lowest BCUT2D eigenvalue weighted by Crippen LogP contribution is -2.07. The first-order valence-corrected chi connectivity index (χ1v) is 2.79. The summed E-state index contributed by atoms with van der Waals surface area (Å²) in [6, 6.07) is 2.05. The summed E-state index contributed by atoms with van der Waals surface area (Å²) < 4.78 is 35.4. The molecular weight excluding hydrogens is 151 g/mol. The average molecular weight is 155 g/mol. The summed E-state index contributed by atoms with van der Waals surface area (Å²) in [5, 5.41) is 0. The first-order valence-electron chi connectivity index (χ1n) is 1.98. The van der Waals surface area contributed by atoms with Crippen molar-refractivity contribution in [1.82, 2.24) is 4.72 Å². The Morgan fingerprint density at radius 2 is 2.00 bits per heavy atom. The van der Waals surface area contributed by atoms with Gasteiger partial charge in [0, 0.05) is 6.04 Å². The molecule has 0 spiro atoms. The highest BCUT2D eigenvalue weighted by molar-refractivity contribution is 7.98. The molecule has 0 aliphatic heterocycles. The van der Waals surface area contributed by atoms with Gasteiger partial charge in [0.15, 0.2) is 0 Å². The van der Waals surface area contributed by atoms with Crippen molar-refractivity contribution in [3.05, 3.63) is 0 Å². The molecule has 5 heteroatoms. The first-order chi connectivity index (χ1) is 4.06. The van der Waals surface area contributed by atoms with Crippen LogP contribution in [-0.2, 0) is 0 Å². The van der Waals surface area contributed by atoms with Gasteiger partial charge in [-0.25, -0.2) is 0 Å². The molecule has 0 atom stereocenters. The van der Waals surface area contributed by atoms with Crippen molar-refractivity contribution in [3.63, 3.8) is 0 Å². The quantitative estimate of drug-likeness (QED) is 0.351. The van der Waals surface area contributed by atoms with Gasteiger partial charge in [0.2, 0.25) is 0 Å². The van der Waals surface area contributed by atoms with Crippen LogP contribution in [0, 0.1) is 12.0 Å². The van der Waals surface area contributed by atoms with Crippen LogP contribution in [-0.4, -0.2) is 5.51 Å². The van der Waals surface area contributed by atoms with Crippen LogP contribution in [0.1, 0.15) is 6.92 Å². The van der Waals surface area contributed by atoms with E-state index in [1.54, 1.807) is 4.72 Å². The van der Waals surface area contributed by atoms with E-state index >= 15 is 0 Å². The molecule has 0 fully saturated rings. The largest absolute Gasteiger partial charge is 0.462 e. The highest BCUT2D eigenvalue weighted by Gasteiger charge is 2.28. The smallest absolute Gasteiger partial charge is 0.282 e. The first kappa shape index (κ1) is 8.50. The van der Waals surface area contributed by atoms with Crippen LogP contribution >= 0.6 is 11.9 Å². The molecule has 0 saturated carbocycles. The van der Waals surface area contributed by atoms with Gasteiger partial charge >= 0.3 is 5.51 Å². The Balaban J connectivity index is 3.36. The maximum absolute atomic E-state index is 11.2. The van der Waals surface area contributed by atoms with E-state index in [0.29, 0.717) is 0 Å². The van der Waals surface area contributed by atoms with Gasteiger partial charge in [-0.05, 0) is 6.92 Å². The summed E-state index contributed by atoms with van der Waals surface area (Å²) in [5.41, 5.74) is -4.25. The summed E-state index contributed by atoms with van der Waals surface area (Å²) in [7, 11) is 0. The molecule has 0 saturated heterocycles. The molecule has 0 aliphatic carbocycles. The fourth-order valence-electron chi connectivity index (χ4n) is 0.134. The third kappa shape index (κ3) is 7.50. The Hall–Kier alpha value is -0.500. The lowest BCUT2D eigenvalue weighted by molar-refractivity contribution is -0.0332. The van der Waals surface area contributed by atoms with Crippen molar-refractivity contribution < 1.29 is 13.2 Å². The maximum atomic E-state index is 11.2. The third-order valence-electron chi connectivity index (χ3n) is 0.343. The summed E-state index contributed by atoms with van der Waals surface area (Å²) in [6.07, 6.45) is 0. The van der Waals surface area contributed by atoms with Gasteiger partial charge in [0.25, 0.3) is 0 Å². The number of halogens is 3. The summed E-state index contributed by atoms with van der Waals surface area (Å²) in [5.74, 6) is 2.26. The second kappa shape index (κ2) is 3.51. The van der Waals surface area contributed by atoms with Crippen LogP contribution in [0.3, 0.4) is 0 Å². The van der Waals surface area contributed by atoms with Crippen LogP contribution in [0.5, 0.6) is 0 Å². The van der Waals surface area contributed by atoms with Crippen molar-refractivity contribution in [2.75, 3.05) is 0 Å². The number of hydrogen-bond acceptors (Lipinski definition) is 2. The van der Waals surface area contributed by atoms with Gasteiger partial charge in [-0.1, -0.05) is 5.92 Å². The summed E-state index contributed by atoms with van der Waals surface area (Å²) >= 11 is -0.365. The molecule has 0 radical (unpaired) electrons. The SMILES string of the molecule is CC#CNSC(F)(F)F. The monoisotopic (exact) mass is 155 g/mol. The molecule has 0 bridgehead atoms. The fourth-order valence-corrected chi connectivity index (χ4v) is 0.403. The molecule has 0 aromatic rings. The zero-order valence-corrected chi connectivity index (χ0v) is 5.36. The molecular formula is C4H4F3NS. The van der Waals surface area contributed by atoms with Crippen molar-refractivity contribution >= 4 is 11.9 Å². The van der Waals surface area contributed by atoms with E-state index in [0.717, 1.165) is 0 Å². The van der Waals surface area contributed by atoms with Gasteiger partial charge in [-0.2, -0.15) is 13.2 Å². The van der Waals surface area contributed by atoms with E-state index in [1.807, 2.05) is 6.04 Å². The molecule has 0 rings (SSSR count). The van der Waals surface area contributed by atoms with Crippen molar-refractivity contribution in [3.8, 4) is 12.0 Å².